The van der Waals surface area contributed by atoms with Gasteiger partial charge in [-0.15, -0.1) is 11.6 Å². The third kappa shape index (κ3) is 2.38. The molecule has 1 aliphatic carbocycles. The van der Waals surface area contributed by atoms with Gasteiger partial charge in [-0.3, -0.25) is 0 Å². The first kappa shape index (κ1) is 9.86. The lowest BCUT2D eigenvalue weighted by Crippen LogP contribution is -2.21. The molecule has 1 aliphatic rings. The highest BCUT2D eigenvalue weighted by molar-refractivity contribution is 6.22. The lowest BCUT2D eigenvalue weighted by molar-refractivity contribution is 0.266. The van der Waals surface area contributed by atoms with Crippen LogP contribution in [-0.4, -0.2) is 5.38 Å². The van der Waals surface area contributed by atoms with Crippen LogP contribution < -0.4 is 0 Å². The molecule has 1 saturated carbocycles. The number of alkyl halides is 1. The lowest BCUT2D eigenvalue weighted by atomic mass is 9.79. The first-order chi connectivity index (χ1) is 5.77. The molecule has 0 radical (unpaired) electrons. The van der Waals surface area contributed by atoms with Crippen LogP contribution in [0.2, 0.25) is 0 Å². The number of hydrogen-bond acceptors (Lipinski definition) is 1. The normalized spacial score (nSPS) is 32.4. The molecular weight excluding hydrogens is 170 g/mol. The van der Waals surface area contributed by atoms with Crippen LogP contribution in [0.25, 0.3) is 0 Å². The van der Waals surface area contributed by atoms with Gasteiger partial charge < -0.3 is 0 Å². The van der Waals surface area contributed by atoms with Gasteiger partial charge in [-0.2, -0.15) is 5.26 Å². The molecule has 3 atom stereocenters. The van der Waals surface area contributed by atoms with Crippen LogP contribution in [0.3, 0.4) is 0 Å². The second-order valence-electron chi connectivity index (χ2n) is 3.73. The van der Waals surface area contributed by atoms with E-state index in [1.54, 1.807) is 0 Å². The number of nitrogens with zero attached hydrogens (tertiary/aromatic N) is 1. The Morgan fingerprint density at radius 3 is 2.92 bits per heavy atom. The van der Waals surface area contributed by atoms with Crippen LogP contribution in [-0.2, 0) is 0 Å². The van der Waals surface area contributed by atoms with Crippen LogP contribution in [0.4, 0.5) is 0 Å². The highest BCUT2D eigenvalue weighted by Crippen LogP contribution is 2.34. The van der Waals surface area contributed by atoms with Gasteiger partial charge in [-0.05, 0) is 24.7 Å². The summed E-state index contributed by atoms with van der Waals surface area (Å²) in [5.41, 5.74) is 0. The summed E-state index contributed by atoms with van der Waals surface area (Å²) in [4.78, 5) is 0. The molecule has 3 unspecified atom stereocenters. The minimum absolute atomic E-state index is 0.251. The van der Waals surface area contributed by atoms with Crippen molar-refractivity contribution in [2.24, 2.45) is 11.8 Å². The molecule has 68 valence electrons. The first-order valence-corrected chi connectivity index (χ1v) is 5.25. The van der Waals surface area contributed by atoms with E-state index in [-0.39, 0.29) is 5.38 Å². The highest BCUT2D eigenvalue weighted by Gasteiger charge is 2.26. The first-order valence-electron chi connectivity index (χ1n) is 4.81. The summed E-state index contributed by atoms with van der Waals surface area (Å²) in [6, 6.07) is 2.14. The minimum atomic E-state index is -0.251. The molecule has 0 aliphatic heterocycles. The van der Waals surface area contributed by atoms with Crippen molar-refractivity contribution in [2.75, 3.05) is 0 Å². The number of rotatable bonds is 2. The van der Waals surface area contributed by atoms with Crippen molar-refractivity contribution in [1.29, 1.82) is 5.26 Å². The van der Waals surface area contributed by atoms with Gasteiger partial charge in [-0.25, -0.2) is 0 Å². The fraction of sp³-hybridized carbons (Fsp3) is 0.900. The predicted octanol–water partition coefficient (Wildman–Crippen LogP) is 3.33. The Morgan fingerprint density at radius 1 is 1.58 bits per heavy atom. The fourth-order valence-corrected chi connectivity index (χ4v) is 2.30. The standard InChI is InChI=1S/C10H16ClN/c1-2-8-4-3-5-9(6-8)10(11)7-12/h8-10H,2-6H2,1H3. The van der Waals surface area contributed by atoms with Crippen LogP contribution >= 0.6 is 11.6 Å². The molecule has 0 spiro atoms. The van der Waals surface area contributed by atoms with Gasteiger partial charge in [-0.1, -0.05) is 26.2 Å². The number of hydrogen-bond donors (Lipinski definition) is 0. The van der Waals surface area contributed by atoms with E-state index in [9.17, 15) is 0 Å². The minimum Gasteiger partial charge on any atom is -0.197 e. The molecule has 0 N–H and O–H groups in total. The van der Waals surface area contributed by atoms with Crippen LogP contribution in [0.1, 0.15) is 39.0 Å². The molecule has 0 aromatic heterocycles. The van der Waals surface area contributed by atoms with Gasteiger partial charge in [0.05, 0.1) is 6.07 Å². The van der Waals surface area contributed by atoms with E-state index in [1.165, 1.54) is 19.3 Å². The van der Waals surface area contributed by atoms with Crippen molar-refractivity contribution >= 4 is 11.6 Å². The van der Waals surface area contributed by atoms with Crippen molar-refractivity contribution in [2.45, 2.75) is 44.4 Å². The van der Waals surface area contributed by atoms with E-state index in [0.717, 1.165) is 18.8 Å². The zero-order chi connectivity index (χ0) is 8.97. The van der Waals surface area contributed by atoms with E-state index in [1.807, 2.05) is 0 Å². The quantitative estimate of drug-likeness (QED) is 0.606. The van der Waals surface area contributed by atoms with E-state index in [4.69, 9.17) is 16.9 Å². The molecule has 0 amide bonds. The molecule has 0 aromatic carbocycles. The van der Waals surface area contributed by atoms with E-state index >= 15 is 0 Å². The van der Waals surface area contributed by atoms with Crippen LogP contribution in [0.15, 0.2) is 0 Å². The molecule has 0 saturated heterocycles. The van der Waals surface area contributed by atoms with Crippen molar-refractivity contribution in [3.8, 4) is 6.07 Å². The van der Waals surface area contributed by atoms with Gasteiger partial charge in [0, 0.05) is 0 Å². The third-order valence-corrected chi connectivity index (χ3v) is 3.39. The topological polar surface area (TPSA) is 23.8 Å². The summed E-state index contributed by atoms with van der Waals surface area (Å²) in [5, 5.41) is 8.41. The Morgan fingerprint density at radius 2 is 2.33 bits per heavy atom. The van der Waals surface area contributed by atoms with Gasteiger partial charge in [0.2, 0.25) is 0 Å². The fourth-order valence-electron chi connectivity index (χ4n) is 2.07. The zero-order valence-electron chi connectivity index (χ0n) is 7.59. The zero-order valence-corrected chi connectivity index (χ0v) is 8.35. The molecule has 1 nitrogen and oxygen atoms in total. The molecule has 1 rings (SSSR count). The maximum absolute atomic E-state index is 8.66. The van der Waals surface area contributed by atoms with Gasteiger partial charge in [0.25, 0.3) is 0 Å². The molecular formula is C10H16ClN. The van der Waals surface area contributed by atoms with E-state index in [0.29, 0.717) is 5.92 Å². The molecule has 1 fully saturated rings. The molecule has 0 bridgehead atoms. The van der Waals surface area contributed by atoms with Gasteiger partial charge in [0.15, 0.2) is 0 Å². The summed E-state index contributed by atoms with van der Waals surface area (Å²) in [6.45, 7) is 2.22. The van der Waals surface area contributed by atoms with Crippen molar-refractivity contribution < 1.29 is 0 Å². The SMILES string of the molecule is CCC1CCCC(C(Cl)C#N)C1. The third-order valence-electron chi connectivity index (χ3n) is 2.94. The van der Waals surface area contributed by atoms with Crippen molar-refractivity contribution in [1.82, 2.24) is 0 Å². The van der Waals surface area contributed by atoms with Crippen molar-refractivity contribution in [3.05, 3.63) is 0 Å². The summed E-state index contributed by atoms with van der Waals surface area (Å²) < 4.78 is 0. The maximum Gasteiger partial charge on any atom is 0.123 e. The Hall–Kier alpha value is -0.220. The molecule has 0 heterocycles. The average Bonchev–Trinajstić information content (AvgIpc) is 2.17. The summed E-state index contributed by atoms with van der Waals surface area (Å²) in [7, 11) is 0. The van der Waals surface area contributed by atoms with Crippen molar-refractivity contribution in [3.63, 3.8) is 0 Å². The monoisotopic (exact) mass is 185 g/mol. The Bertz CT molecular complexity index is 173. The lowest BCUT2D eigenvalue weighted by Gasteiger charge is -2.28. The highest BCUT2D eigenvalue weighted by atomic mass is 35.5. The number of nitriles is 1. The van der Waals surface area contributed by atoms with Gasteiger partial charge >= 0.3 is 0 Å². The Labute approximate surface area is 79.7 Å². The average molecular weight is 186 g/mol. The molecule has 2 heteroatoms. The van der Waals surface area contributed by atoms with E-state index < -0.39 is 0 Å². The van der Waals surface area contributed by atoms with Crippen LogP contribution in [0.5, 0.6) is 0 Å². The maximum atomic E-state index is 8.66. The number of halogens is 1. The van der Waals surface area contributed by atoms with E-state index in [2.05, 4.69) is 13.0 Å². The molecule has 12 heavy (non-hydrogen) atoms. The predicted molar refractivity (Wildman–Crippen MR) is 51.0 cm³/mol. The summed E-state index contributed by atoms with van der Waals surface area (Å²) >= 11 is 5.91. The summed E-state index contributed by atoms with van der Waals surface area (Å²) in [5.74, 6) is 1.27. The largest absolute Gasteiger partial charge is 0.197 e. The second-order valence-corrected chi connectivity index (χ2v) is 4.20. The Kier molecular flexibility index (Phi) is 3.88. The van der Waals surface area contributed by atoms with Gasteiger partial charge in [0.1, 0.15) is 5.38 Å². The Balaban J connectivity index is 2.41. The second kappa shape index (κ2) is 4.72. The smallest absolute Gasteiger partial charge is 0.123 e. The molecule has 0 aromatic rings. The summed E-state index contributed by atoms with van der Waals surface area (Å²) in [6.07, 6.45) is 6.15. The van der Waals surface area contributed by atoms with Crippen LogP contribution in [0, 0.1) is 23.2 Å².